The van der Waals surface area contributed by atoms with Gasteiger partial charge in [0, 0.05) is 52.3 Å². The first-order valence-corrected chi connectivity index (χ1v) is 10.5. The molecule has 0 radical (unpaired) electrons. The van der Waals surface area contributed by atoms with E-state index in [1.807, 2.05) is 21.0 Å². The number of hydrogen-bond donors (Lipinski definition) is 1. The molecule has 1 saturated heterocycles. The van der Waals surface area contributed by atoms with Crippen molar-refractivity contribution in [1.29, 1.82) is 0 Å². The zero-order valence-electron chi connectivity index (χ0n) is 17.6. The smallest absolute Gasteiger partial charge is 0.193 e. The van der Waals surface area contributed by atoms with Crippen molar-refractivity contribution in [3.05, 3.63) is 16.1 Å². The minimum atomic E-state index is 0.0341. The number of aromatic nitrogens is 1. The molecule has 0 spiro atoms. The van der Waals surface area contributed by atoms with Crippen molar-refractivity contribution < 1.29 is 9.47 Å². The normalized spacial score (nSPS) is 18.6. The Morgan fingerprint density at radius 1 is 1.41 bits per heavy atom. The van der Waals surface area contributed by atoms with Crippen LogP contribution in [0, 0.1) is 5.92 Å². The van der Waals surface area contributed by atoms with E-state index in [0.717, 1.165) is 56.1 Å². The highest BCUT2D eigenvalue weighted by Gasteiger charge is 2.24. The lowest BCUT2D eigenvalue weighted by atomic mass is 10.0. The Bertz CT molecular complexity index is 586. The van der Waals surface area contributed by atoms with Gasteiger partial charge in [0.05, 0.1) is 25.5 Å². The third-order valence-corrected chi connectivity index (χ3v) is 6.05. The maximum Gasteiger partial charge on any atom is 0.193 e. The Morgan fingerprint density at radius 3 is 2.70 bits per heavy atom. The fourth-order valence-corrected chi connectivity index (χ4v) is 4.12. The van der Waals surface area contributed by atoms with Crippen LogP contribution in [0.3, 0.4) is 0 Å². The topological polar surface area (TPSA) is 62.2 Å². The number of morpholine rings is 1. The van der Waals surface area contributed by atoms with Crippen molar-refractivity contribution in [2.45, 2.75) is 39.5 Å². The van der Waals surface area contributed by atoms with Gasteiger partial charge in [-0.05, 0) is 12.8 Å². The van der Waals surface area contributed by atoms with E-state index in [0.29, 0.717) is 12.0 Å². The molecule has 0 aromatic carbocycles. The highest BCUT2D eigenvalue weighted by Crippen LogP contribution is 2.21. The zero-order chi connectivity index (χ0) is 19.8. The molecular formula is C19H35N5O2S. The van der Waals surface area contributed by atoms with Crippen LogP contribution in [0.1, 0.15) is 37.6 Å². The van der Waals surface area contributed by atoms with Crippen LogP contribution in [0.15, 0.2) is 10.4 Å². The number of hydrogen-bond acceptors (Lipinski definition) is 6. The van der Waals surface area contributed by atoms with Gasteiger partial charge in [-0.3, -0.25) is 9.89 Å². The monoisotopic (exact) mass is 397 g/mol. The van der Waals surface area contributed by atoms with Gasteiger partial charge < -0.3 is 19.7 Å². The number of thiazole rings is 1. The molecule has 1 fully saturated rings. The van der Waals surface area contributed by atoms with Crippen LogP contribution in [0.5, 0.6) is 0 Å². The van der Waals surface area contributed by atoms with Crippen molar-refractivity contribution in [3.8, 4) is 0 Å². The second kappa shape index (κ2) is 10.9. The lowest BCUT2D eigenvalue weighted by Crippen LogP contribution is -2.52. The number of methoxy groups -OCH3 is 1. The molecule has 0 bridgehead atoms. The summed E-state index contributed by atoms with van der Waals surface area (Å²) >= 11 is 1.64. The molecule has 8 heteroatoms. The van der Waals surface area contributed by atoms with Crippen LogP contribution < -0.4 is 5.32 Å². The maximum atomic E-state index is 5.50. The molecule has 7 nitrogen and oxygen atoms in total. The minimum Gasteiger partial charge on any atom is -0.379 e. The van der Waals surface area contributed by atoms with E-state index in [9.17, 15) is 0 Å². The van der Waals surface area contributed by atoms with E-state index in [1.165, 1.54) is 0 Å². The van der Waals surface area contributed by atoms with Crippen LogP contribution in [0.4, 0.5) is 0 Å². The minimum absolute atomic E-state index is 0.0341. The predicted molar refractivity (Wildman–Crippen MR) is 111 cm³/mol. The zero-order valence-corrected chi connectivity index (χ0v) is 18.4. The van der Waals surface area contributed by atoms with E-state index in [2.05, 4.69) is 44.3 Å². The number of ether oxygens (including phenoxy) is 2. The molecule has 2 heterocycles. The van der Waals surface area contributed by atoms with E-state index >= 15 is 0 Å². The number of guanidine groups is 1. The van der Waals surface area contributed by atoms with E-state index < -0.39 is 0 Å². The number of nitrogens with zero attached hydrogens (tertiary/aromatic N) is 4. The molecule has 1 aromatic heterocycles. The summed E-state index contributed by atoms with van der Waals surface area (Å²) in [6.07, 6.45) is 0.0341. The highest BCUT2D eigenvalue weighted by atomic mass is 32.1. The Balaban J connectivity index is 1.91. The first-order valence-electron chi connectivity index (χ1n) is 9.66. The molecule has 154 valence electrons. The molecular weight excluding hydrogens is 362 g/mol. The van der Waals surface area contributed by atoms with E-state index in [1.54, 1.807) is 18.4 Å². The first-order chi connectivity index (χ1) is 13.0. The summed E-state index contributed by atoms with van der Waals surface area (Å²) in [5.41, 5.74) is 1.04. The summed E-state index contributed by atoms with van der Waals surface area (Å²) in [6.45, 7) is 11.8. The standard InChI is InChI=1S/C19H35N5O2S/c1-14(2)17(24-7-9-26-10-8-24)11-21-19(20-4)23(5)12-16-13-27-18(22-16)15(3)25-6/h13-15,17H,7-12H2,1-6H3,(H,20,21). The molecule has 2 atom stereocenters. The fourth-order valence-electron chi connectivity index (χ4n) is 3.28. The van der Waals surface area contributed by atoms with Gasteiger partial charge in [-0.25, -0.2) is 4.98 Å². The van der Waals surface area contributed by atoms with Crippen molar-refractivity contribution in [3.63, 3.8) is 0 Å². The molecule has 0 aliphatic carbocycles. The van der Waals surface area contributed by atoms with Crippen LogP contribution >= 0.6 is 11.3 Å². The maximum absolute atomic E-state index is 5.50. The molecule has 0 amide bonds. The van der Waals surface area contributed by atoms with Crippen LogP contribution in [0.25, 0.3) is 0 Å². The van der Waals surface area contributed by atoms with Crippen LogP contribution in [-0.4, -0.2) is 80.8 Å². The van der Waals surface area contributed by atoms with Gasteiger partial charge in [-0.2, -0.15) is 0 Å². The summed E-state index contributed by atoms with van der Waals surface area (Å²) in [5.74, 6) is 1.46. The van der Waals surface area contributed by atoms with Gasteiger partial charge in [0.1, 0.15) is 11.1 Å². The summed E-state index contributed by atoms with van der Waals surface area (Å²) in [6, 6.07) is 0.465. The SMILES string of the molecule is CN=C(NCC(C(C)C)N1CCOCC1)N(C)Cc1csc(C(C)OC)n1. The average molecular weight is 398 g/mol. The molecule has 2 rings (SSSR count). The third-order valence-electron chi connectivity index (χ3n) is 5.00. The Labute approximate surface area is 167 Å². The summed E-state index contributed by atoms with van der Waals surface area (Å²) in [4.78, 5) is 13.8. The molecule has 1 aliphatic heterocycles. The second-order valence-electron chi connectivity index (χ2n) is 7.30. The largest absolute Gasteiger partial charge is 0.379 e. The lowest BCUT2D eigenvalue weighted by Gasteiger charge is -2.37. The van der Waals surface area contributed by atoms with E-state index in [4.69, 9.17) is 9.47 Å². The molecule has 2 unspecified atom stereocenters. The molecule has 1 N–H and O–H groups in total. The van der Waals surface area contributed by atoms with Gasteiger partial charge in [0.2, 0.25) is 0 Å². The lowest BCUT2D eigenvalue weighted by molar-refractivity contribution is 0.00741. The number of nitrogens with one attached hydrogen (secondary N) is 1. The van der Waals surface area contributed by atoms with Gasteiger partial charge in [0.25, 0.3) is 0 Å². The predicted octanol–water partition coefficient (Wildman–Crippen LogP) is 2.21. The van der Waals surface area contributed by atoms with Gasteiger partial charge >= 0.3 is 0 Å². The molecule has 1 aromatic rings. The van der Waals surface area contributed by atoms with Crippen LogP contribution in [-0.2, 0) is 16.0 Å². The van der Waals surface area contributed by atoms with Gasteiger partial charge in [-0.1, -0.05) is 13.8 Å². The van der Waals surface area contributed by atoms with Crippen LogP contribution in [0.2, 0.25) is 0 Å². The van der Waals surface area contributed by atoms with Gasteiger partial charge in [0.15, 0.2) is 5.96 Å². The molecule has 27 heavy (non-hydrogen) atoms. The third kappa shape index (κ3) is 6.41. The fraction of sp³-hybridized carbons (Fsp3) is 0.789. The van der Waals surface area contributed by atoms with Crippen molar-refractivity contribution >= 4 is 17.3 Å². The Hall–Kier alpha value is -1.22. The summed E-state index contributed by atoms with van der Waals surface area (Å²) < 4.78 is 10.9. The summed E-state index contributed by atoms with van der Waals surface area (Å²) in [5, 5.41) is 6.66. The highest BCUT2D eigenvalue weighted by molar-refractivity contribution is 7.09. The first kappa shape index (κ1) is 22.1. The molecule has 1 aliphatic rings. The van der Waals surface area contributed by atoms with Gasteiger partial charge in [-0.15, -0.1) is 11.3 Å². The molecule has 0 saturated carbocycles. The van der Waals surface area contributed by atoms with Crippen molar-refractivity contribution in [2.24, 2.45) is 10.9 Å². The number of aliphatic imine (C=N–C) groups is 1. The second-order valence-corrected chi connectivity index (χ2v) is 8.19. The Morgan fingerprint density at radius 2 is 2.11 bits per heavy atom. The average Bonchev–Trinajstić information content (AvgIpc) is 3.13. The van der Waals surface area contributed by atoms with Crippen molar-refractivity contribution in [1.82, 2.24) is 20.1 Å². The summed E-state index contributed by atoms with van der Waals surface area (Å²) in [7, 11) is 5.59. The quantitative estimate of drug-likeness (QED) is 0.536. The number of rotatable bonds is 8. The van der Waals surface area contributed by atoms with E-state index in [-0.39, 0.29) is 6.10 Å². The van der Waals surface area contributed by atoms with Crippen molar-refractivity contribution in [2.75, 3.05) is 54.1 Å². The Kier molecular flexibility index (Phi) is 8.95.